The van der Waals surface area contributed by atoms with Gasteiger partial charge in [-0.1, -0.05) is 13.3 Å². The molecule has 174 valence electrons. The number of hydrogen-bond acceptors (Lipinski definition) is 5. The highest BCUT2D eigenvalue weighted by molar-refractivity contribution is 5.91. The third-order valence-corrected chi connectivity index (χ3v) is 6.36. The molecule has 0 spiro atoms. The molecule has 7 nitrogen and oxygen atoms in total. The molecule has 11 heteroatoms. The number of hydrogen-bond donors (Lipinski definition) is 0. The molecule has 1 amide bonds. The topological polar surface area (TPSA) is 66.6 Å². The summed E-state index contributed by atoms with van der Waals surface area (Å²) in [4.78, 5) is 24.7. The van der Waals surface area contributed by atoms with Gasteiger partial charge in [0, 0.05) is 50.4 Å². The highest BCUT2D eigenvalue weighted by Gasteiger charge is 2.44. The molecule has 2 aromatic heterocycles. The minimum absolute atomic E-state index is 0.00962. The lowest BCUT2D eigenvalue weighted by atomic mass is 10.0. The van der Waals surface area contributed by atoms with Crippen molar-refractivity contribution in [3.63, 3.8) is 0 Å². The fourth-order valence-electron chi connectivity index (χ4n) is 4.83. The smallest absolute Gasteiger partial charge is 0.370 e. The first kappa shape index (κ1) is 21.6. The van der Waals surface area contributed by atoms with E-state index in [0.29, 0.717) is 32.0 Å². The Morgan fingerprint density at radius 1 is 1.15 bits per heavy atom. The summed E-state index contributed by atoms with van der Waals surface area (Å²) < 4.78 is 55.5. The molecule has 4 heterocycles. The number of aryl methyl sites for hydroxylation is 1. The van der Waals surface area contributed by atoms with Gasteiger partial charge in [-0.2, -0.15) is 18.2 Å². The molecule has 0 N–H and O–H groups in total. The SMILES string of the molecule is CCCc1cnc2nc(C(=O)N3C[C@@H]4CN(c5cc(F)ccc5C(F)(F)F)C[C@@H]4C3)nn2c1. The number of rotatable bonds is 4. The Hall–Kier alpha value is -3.24. The van der Waals surface area contributed by atoms with Gasteiger partial charge in [0.05, 0.1) is 11.3 Å². The van der Waals surface area contributed by atoms with Crippen molar-refractivity contribution in [2.45, 2.75) is 25.9 Å². The summed E-state index contributed by atoms with van der Waals surface area (Å²) in [5.41, 5.74) is 0.00618. The van der Waals surface area contributed by atoms with Crippen LogP contribution in [0.3, 0.4) is 0 Å². The second-order valence-electron chi connectivity index (χ2n) is 8.69. The van der Waals surface area contributed by atoms with Crippen molar-refractivity contribution < 1.29 is 22.4 Å². The number of fused-ring (bicyclic) bond motifs is 2. The standard InChI is InChI=1S/C22H22F4N6O/c1-2-3-13-7-27-21-28-19(29-32(21)8-13)20(33)31-11-14-9-30(10-15(14)12-31)18-6-16(23)4-5-17(18)22(24,25)26/h4-8,14-15H,2-3,9-12H2,1H3/t14-,15+. The highest BCUT2D eigenvalue weighted by atomic mass is 19.4. The zero-order valence-corrected chi connectivity index (χ0v) is 17.9. The Morgan fingerprint density at radius 3 is 2.55 bits per heavy atom. The van der Waals surface area contributed by atoms with Crippen LogP contribution in [0, 0.1) is 17.7 Å². The normalized spacial score (nSPS) is 20.6. The minimum Gasteiger partial charge on any atom is -0.370 e. The molecule has 5 rings (SSSR count). The van der Waals surface area contributed by atoms with Crippen LogP contribution >= 0.6 is 0 Å². The van der Waals surface area contributed by atoms with E-state index in [9.17, 15) is 22.4 Å². The zero-order chi connectivity index (χ0) is 23.3. The number of aromatic nitrogens is 4. The van der Waals surface area contributed by atoms with Crippen molar-refractivity contribution in [2.75, 3.05) is 31.1 Å². The number of nitrogens with zero attached hydrogens (tertiary/aromatic N) is 6. The van der Waals surface area contributed by atoms with Crippen molar-refractivity contribution in [3.8, 4) is 0 Å². The number of amides is 1. The van der Waals surface area contributed by atoms with E-state index in [0.717, 1.165) is 36.6 Å². The van der Waals surface area contributed by atoms with E-state index in [4.69, 9.17) is 0 Å². The average Bonchev–Trinajstić information content (AvgIpc) is 3.45. The molecule has 2 fully saturated rings. The maximum absolute atomic E-state index is 13.7. The highest BCUT2D eigenvalue weighted by Crippen LogP contribution is 2.41. The number of anilines is 1. The molecule has 2 aliphatic rings. The van der Waals surface area contributed by atoms with Crippen LogP contribution in [-0.2, 0) is 12.6 Å². The van der Waals surface area contributed by atoms with E-state index >= 15 is 0 Å². The third kappa shape index (κ3) is 4.00. The molecule has 0 bridgehead atoms. The van der Waals surface area contributed by atoms with Crippen LogP contribution in [0.25, 0.3) is 5.78 Å². The Labute approximate surface area is 187 Å². The summed E-state index contributed by atoms with van der Waals surface area (Å²) in [7, 11) is 0. The molecule has 3 aromatic rings. The van der Waals surface area contributed by atoms with E-state index in [1.807, 2.05) is 6.20 Å². The molecule has 2 saturated heterocycles. The average molecular weight is 462 g/mol. The van der Waals surface area contributed by atoms with E-state index in [-0.39, 0.29) is 29.3 Å². The first-order valence-corrected chi connectivity index (χ1v) is 10.8. The summed E-state index contributed by atoms with van der Waals surface area (Å²) in [5.74, 6) is -0.651. The van der Waals surface area contributed by atoms with Crippen LogP contribution in [0.2, 0.25) is 0 Å². The predicted octanol–water partition coefficient (Wildman–Crippen LogP) is 3.44. The van der Waals surface area contributed by atoms with Crippen molar-refractivity contribution >= 4 is 17.4 Å². The molecular formula is C22H22F4N6O. The number of halogens is 4. The zero-order valence-electron chi connectivity index (χ0n) is 17.9. The predicted molar refractivity (Wildman–Crippen MR) is 111 cm³/mol. The molecule has 0 unspecified atom stereocenters. The van der Waals surface area contributed by atoms with Crippen molar-refractivity contribution in [1.29, 1.82) is 0 Å². The van der Waals surface area contributed by atoms with Crippen molar-refractivity contribution in [3.05, 3.63) is 53.4 Å². The number of carbonyl (C=O) groups excluding carboxylic acids is 1. The second kappa shape index (κ2) is 7.96. The third-order valence-electron chi connectivity index (χ3n) is 6.36. The van der Waals surface area contributed by atoms with Crippen LogP contribution in [0.4, 0.5) is 23.2 Å². The van der Waals surface area contributed by atoms with E-state index in [2.05, 4.69) is 22.0 Å². The largest absolute Gasteiger partial charge is 0.418 e. The molecule has 1 aromatic carbocycles. The van der Waals surface area contributed by atoms with Gasteiger partial charge in [0.1, 0.15) is 5.82 Å². The monoisotopic (exact) mass is 462 g/mol. The maximum atomic E-state index is 13.7. The summed E-state index contributed by atoms with van der Waals surface area (Å²) in [6, 6.07) is 2.54. The summed E-state index contributed by atoms with van der Waals surface area (Å²) >= 11 is 0. The number of alkyl halides is 3. The molecule has 33 heavy (non-hydrogen) atoms. The number of carbonyl (C=O) groups is 1. The van der Waals surface area contributed by atoms with Crippen molar-refractivity contribution in [2.24, 2.45) is 11.8 Å². The van der Waals surface area contributed by atoms with Crippen LogP contribution in [-0.4, -0.2) is 56.6 Å². The van der Waals surface area contributed by atoms with E-state index < -0.39 is 17.6 Å². The molecule has 2 aliphatic heterocycles. The summed E-state index contributed by atoms with van der Waals surface area (Å²) in [5, 5.41) is 4.28. The minimum atomic E-state index is -4.57. The van der Waals surface area contributed by atoms with Gasteiger partial charge in [0.25, 0.3) is 11.7 Å². The Bertz CT molecular complexity index is 1200. The van der Waals surface area contributed by atoms with Gasteiger partial charge >= 0.3 is 6.18 Å². The van der Waals surface area contributed by atoms with Gasteiger partial charge in [0.15, 0.2) is 0 Å². The van der Waals surface area contributed by atoms with Gasteiger partial charge < -0.3 is 9.80 Å². The van der Waals surface area contributed by atoms with Gasteiger partial charge in [-0.15, -0.1) is 5.10 Å². The Kier molecular flexibility index (Phi) is 5.21. The molecule has 0 radical (unpaired) electrons. The van der Waals surface area contributed by atoms with E-state index in [1.165, 1.54) is 4.52 Å². The number of benzene rings is 1. The molecule has 2 atom stereocenters. The quantitative estimate of drug-likeness (QED) is 0.556. The summed E-state index contributed by atoms with van der Waals surface area (Å²) in [6.45, 7) is 3.48. The molecule has 0 aliphatic carbocycles. The number of likely N-dealkylation sites (tertiary alicyclic amines) is 1. The van der Waals surface area contributed by atoms with Crippen molar-refractivity contribution in [1.82, 2.24) is 24.5 Å². The van der Waals surface area contributed by atoms with Crippen LogP contribution in [0.5, 0.6) is 0 Å². The maximum Gasteiger partial charge on any atom is 0.418 e. The lowest BCUT2D eigenvalue weighted by Crippen LogP contribution is -2.34. The second-order valence-corrected chi connectivity index (χ2v) is 8.69. The first-order chi connectivity index (χ1) is 15.7. The first-order valence-electron chi connectivity index (χ1n) is 10.8. The summed E-state index contributed by atoms with van der Waals surface area (Å²) in [6.07, 6.45) is 0.769. The fraction of sp³-hybridized carbons (Fsp3) is 0.455. The molecule has 0 saturated carbocycles. The van der Waals surface area contributed by atoms with Crippen LogP contribution in [0.15, 0.2) is 30.6 Å². The Balaban J connectivity index is 1.30. The Morgan fingerprint density at radius 2 is 1.88 bits per heavy atom. The molecular weight excluding hydrogens is 440 g/mol. The van der Waals surface area contributed by atoms with Gasteiger partial charge in [0.2, 0.25) is 5.82 Å². The fourth-order valence-corrected chi connectivity index (χ4v) is 4.83. The van der Waals surface area contributed by atoms with Gasteiger partial charge in [-0.05, 0) is 30.2 Å². The lowest BCUT2D eigenvalue weighted by molar-refractivity contribution is -0.137. The van der Waals surface area contributed by atoms with Crippen LogP contribution < -0.4 is 4.90 Å². The lowest BCUT2D eigenvalue weighted by Gasteiger charge is -2.25. The van der Waals surface area contributed by atoms with Gasteiger partial charge in [-0.3, -0.25) is 4.79 Å². The van der Waals surface area contributed by atoms with E-state index in [1.54, 1.807) is 16.0 Å². The van der Waals surface area contributed by atoms with Gasteiger partial charge in [-0.25, -0.2) is 13.9 Å². The van der Waals surface area contributed by atoms with Crippen LogP contribution in [0.1, 0.15) is 35.1 Å².